The van der Waals surface area contributed by atoms with Crippen LogP contribution in [-0.4, -0.2) is 61.5 Å². The third-order valence-electron chi connectivity index (χ3n) is 4.82. The van der Waals surface area contributed by atoms with Crippen LogP contribution in [0.4, 0.5) is 16.6 Å². The summed E-state index contributed by atoms with van der Waals surface area (Å²) in [7, 11) is 1.31. The number of carbonyl (C=O) groups excluding carboxylic acids is 2. The van der Waals surface area contributed by atoms with E-state index >= 15 is 0 Å². The molecule has 12 heteroatoms. The molecular formula is C22H29N9O3. The molecule has 0 aliphatic carbocycles. The number of Topliss-reactive ketones (excluding diaryl/α,β-unsaturated/α-hetero) is 1. The molecule has 0 aromatic carbocycles. The van der Waals surface area contributed by atoms with Crippen LogP contribution in [0.2, 0.25) is 0 Å². The predicted octanol–water partition coefficient (Wildman–Crippen LogP) is 2.56. The van der Waals surface area contributed by atoms with Gasteiger partial charge in [0, 0.05) is 31.1 Å². The van der Waals surface area contributed by atoms with E-state index in [-0.39, 0.29) is 28.8 Å². The van der Waals surface area contributed by atoms with Gasteiger partial charge < -0.3 is 26.1 Å². The van der Waals surface area contributed by atoms with Crippen molar-refractivity contribution in [1.29, 1.82) is 0 Å². The van der Waals surface area contributed by atoms with Crippen LogP contribution < -0.4 is 16.4 Å². The van der Waals surface area contributed by atoms with Crippen LogP contribution in [0.5, 0.6) is 0 Å². The fourth-order valence-electron chi connectivity index (χ4n) is 3.01. The molecule has 3 aromatic rings. The number of nitrogens with zero attached hydrogens (tertiary/aromatic N) is 5. The van der Waals surface area contributed by atoms with Crippen molar-refractivity contribution in [1.82, 2.24) is 35.2 Å². The van der Waals surface area contributed by atoms with E-state index in [1.165, 1.54) is 20.2 Å². The zero-order valence-electron chi connectivity index (χ0n) is 20.1. The van der Waals surface area contributed by atoms with Crippen LogP contribution in [0.25, 0.3) is 22.8 Å². The van der Waals surface area contributed by atoms with Gasteiger partial charge in [-0.1, -0.05) is 20.8 Å². The summed E-state index contributed by atoms with van der Waals surface area (Å²) in [6.07, 6.45) is 2.57. The van der Waals surface area contributed by atoms with Crippen LogP contribution in [0.1, 0.15) is 50.9 Å². The maximum Gasteiger partial charge on any atom is 0.407 e. The van der Waals surface area contributed by atoms with Crippen LogP contribution in [0.15, 0.2) is 18.5 Å². The summed E-state index contributed by atoms with van der Waals surface area (Å²) in [5, 5.41) is 5.76. The van der Waals surface area contributed by atoms with Crippen LogP contribution in [-0.2, 0) is 10.2 Å². The monoisotopic (exact) mass is 467 g/mol. The number of aromatic amines is 1. The van der Waals surface area contributed by atoms with E-state index in [4.69, 9.17) is 10.7 Å². The third kappa shape index (κ3) is 5.63. The Hall–Kier alpha value is -4.09. The van der Waals surface area contributed by atoms with Gasteiger partial charge in [-0.15, -0.1) is 0 Å². The Morgan fingerprint density at radius 1 is 1.18 bits per heavy atom. The van der Waals surface area contributed by atoms with Gasteiger partial charge in [-0.25, -0.2) is 29.7 Å². The number of anilines is 2. The summed E-state index contributed by atoms with van der Waals surface area (Å²) in [4.78, 5) is 48.8. The molecule has 34 heavy (non-hydrogen) atoms. The van der Waals surface area contributed by atoms with Gasteiger partial charge in [0.2, 0.25) is 5.95 Å². The first-order valence-electron chi connectivity index (χ1n) is 10.7. The first kappa shape index (κ1) is 24.6. The number of carbonyl (C=O) groups is 2. The van der Waals surface area contributed by atoms with Gasteiger partial charge in [0.25, 0.3) is 0 Å². The number of aromatic nitrogens is 6. The smallest absolute Gasteiger partial charge is 0.407 e. The number of nitrogen functional groups attached to an aromatic ring is 1. The van der Waals surface area contributed by atoms with Crippen molar-refractivity contribution in [2.75, 3.05) is 24.7 Å². The van der Waals surface area contributed by atoms with Crippen molar-refractivity contribution >= 4 is 23.6 Å². The molecule has 0 bridgehead atoms. The molecule has 0 spiro atoms. The van der Waals surface area contributed by atoms with E-state index in [0.717, 1.165) is 0 Å². The van der Waals surface area contributed by atoms with E-state index in [2.05, 4.69) is 40.3 Å². The van der Waals surface area contributed by atoms with Gasteiger partial charge in [0.1, 0.15) is 22.9 Å². The molecule has 1 unspecified atom stereocenters. The molecule has 3 rings (SSSR count). The summed E-state index contributed by atoms with van der Waals surface area (Å²) >= 11 is 0. The fourth-order valence-corrected chi connectivity index (χ4v) is 3.01. The Bertz CT molecular complexity index is 1200. The molecule has 3 heterocycles. The molecule has 0 saturated heterocycles. The second-order valence-electron chi connectivity index (χ2n) is 8.79. The number of H-pyrrole nitrogens is 1. The lowest BCUT2D eigenvalue weighted by Crippen LogP contribution is -2.37. The Morgan fingerprint density at radius 2 is 1.91 bits per heavy atom. The lowest BCUT2D eigenvalue weighted by molar-refractivity contribution is 0.101. The number of hydrogen-bond acceptors (Lipinski definition) is 10. The second kappa shape index (κ2) is 9.81. The highest BCUT2D eigenvalue weighted by atomic mass is 16.5. The Labute approximate surface area is 197 Å². The van der Waals surface area contributed by atoms with E-state index in [1.807, 2.05) is 27.7 Å². The average Bonchev–Trinajstić information content (AvgIpc) is 3.24. The summed E-state index contributed by atoms with van der Waals surface area (Å²) in [6, 6.07) is 1.52. The molecule has 180 valence electrons. The Balaban J connectivity index is 1.99. The number of methoxy groups -OCH3 is 1. The molecule has 0 radical (unpaired) electrons. The zero-order chi connectivity index (χ0) is 25.0. The van der Waals surface area contributed by atoms with Gasteiger partial charge in [-0.2, -0.15) is 0 Å². The lowest BCUT2D eigenvalue weighted by atomic mass is 9.96. The van der Waals surface area contributed by atoms with Crippen molar-refractivity contribution in [3.05, 3.63) is 30.0 Å². The van der Waals surface area contributed by atoms with E-state index in [1.54, 1.807) is 12.3 Å². The summed E-state index contributed by atoms with van der Waals surface area (Å²) in [5.41, 5.74) is 7.66. The maximum atomic E-state index is 12.0. The highest BCUT2D eigenvalue weighted by Crippen LogP contribution is 2.32. The van der Waals surface area contributed by atoms with Crippen molar-refractivity contribution < 1.29 is 14.3 Å². The van der Waals surface area contributed by atoms with Crippen molar-refractivity contribution in [3.8, 4) is 22.8 Å². The van der Waals surface area contributed by atoms with Gasteiger partial charge in [-0.05, 0) is 13.0 Å². The van der Waals surface area contributed by atoms with Crippen molar-refractivity contribution in [3.63, 3.8) is 0 Å². The summed E-state index contributed by atoms with van der Waals surface area (Å²) < 4.78 is 4.61. The van der Waals surface area contributed by atoms with E-state index in [0.29, 0.717) is 41.1 Å². The molecule has 12 nitrogen and oxygen atoms in total. The van der Waals surface area contributed by atoms with E-state index < -0.39 is 6.09 Å². The number of imidazole rings is 1. The minimum Gasteiger partial charge on any atom is -0.453 e. The standard InChI is InChI=1S/C22H29N9O3/c1-11(27-21(33)34-6)9-26-20-24-8-7-13(29-20)16-17(31-19(30-16)22(3,4)5)14-10-25-18(23)15(28-14)12(2)32/h7-8,10-11H,9H2,1-6H3,(H2,23,25)(H,27,33)(H,30,31)(H,24,26,29). The van der Waals surface area contributed by atoms with Crippen LogP contribution in [0.3, 0.4) is 0 Å². The number of ketones is 1. The van der Waals surface area contributed by atoms with Gasteiger partial charge >= 0.3 is 6.09 Å². The second-order valence-corrected chi connectivity index (χ2v) is 8.79. The van der Waals surface area contributed by atoms with Crippen molar-refractivity contribution in [2.45, 2.75) is 46.1 Å². The van der Waals surface area contributed by atoms with Gasteiger partial charge in [0.05, 0.1) is 24.7 Å². The molecule has 0 saturated carbocycles. The number of hydrogen-bond donors (Lipinski definition) is 4. The molecular weight excluding hydrogens is 438 g/mol. The molecule has 1 atom stereocenters. The largest absolute Gasteiger partial charge is 0.453 e. The number of nitrogens with two attached hydrogens (primary N) is 1. The maximum absolute atomic E-state index is 12.0. The average molecular weight is 468 g/mol. The first-order chi connectivity index (χ1) is 16.0. The minimum atomic E-state index is -0.518. The van der Waals surface area contributed by atoms with Gasteiger partial charge in [-0.3, -0.25) is 4.79 Å². The number of amides is 1. The number of alkyl carbamates (subject to hydrolysis) is 1. The molecule has 0 aliphatic heterocycles. The third-order valence-corrected chi connectivity index (χ3v) is 4.82. The fraction of sp³-hybridized carbons (Fsp3) is 0.409. The van der Waals surface area contributed by atoms with Gasteiger partial charge in [0.15, 0.2) is 11.6 Å². The van der Waals surface area contributed by atoms with Crippen molar-refractivity contribution in [2.24, 2.45) is 0 Å². The normalized spacial score (nSPS) is 12.2. The number of rotatable bonds is 7. The zero-order valence-corrected chi connectivity index (χ0v) is 20.1. The Morgan fingerprint density at radius 3 is 2.56 bits per heavy atom. The predicted molar refractivity (Wildman–Crippen MR) is 127 cm³/mol. The molecule has 5 N–H and O–H groups in total. The summed E-state index contributed by atoms with van der Waals surface area (Å²) in [6.45, 7) is 9.66. The van der Waals surface area contributed by atoms with Crippen LogP contribution >= 0.6 is 0 Å². The first-order valence-corrected chi connectivity index (χ1v) is 10.7. The highest BCUT2D eigenvalue weighted by molar-refractivity contribution is 5.96. The SMILES string of the molecule is COC(=O)NC(C)CNc1nccc(-c2[nH]c(C(C)(C)C)nc2-c2cnc(N)c(C(C)=O)n2)n1. The lowest BCUT2D eigenvalue weighted by Gasteiger charge is -2.14. The number of ether oxygens (including phenoxy) is 1. The molecule has 0 fully saturated rings. The summed E-state index contributed by atoms with van der Waals surface area (Å²) in [5.74, 6) is 0.849. The highest BCUT2D eigenvalue weighted by Gasteiger charge is 2.25. The van der Waals surface area contributed by atoms with Crippen LogP contribution in [0, 0.1) is 0 Å². The number of nitrogens with one attached hydrogen (secondary N) is 3. The quantitative estimate of drug-likeness (QED) is 0.378. The minimum absolute atomic E-state index is 0.0626. The Kier molecular flexibility index (Phi) is 7.08. The molecule has 1 amide bonds. The topological polar surface area (TPSA) is 174 Å². The molecule has 0 aliphatic rings. The van der Waals surface area contributed by atoms with E-state index in [9.17, 15) is 9.59 Å². The molecule has 3 aromatic heterocycles.